The first-order valence-corrected chi connectivity index (χ1v) is 10.5. The summed E-state index contributed by atoms with van der Waals surface area (Å²) in [6.45, 7) is 10.0. The van der Waals surface area contributed by atoms with Crippen LogP contribution < -0.4 is 0 Å². The molecule has 2 saturated heterocycles. The van der Waals surface area contributed by atoms with Crippen molar-refractivity contribution in [3.8, 4) is 0 Å². The van der Waals surface area contributed by atoms with E-state index in [1.165, 1.54) is 11.1 Å². The number of carbonyl (C=O) groups is 1. The van der Waals surface area contributed by atoms with Crippen LogP contribution in [-0.4, -0.2) is 48.7 Å². The maximum Gasteiger partial charge on any atom is 0.334 e. The minimum absolute atomic E-state index is 0.00967. The van der Waals surface area contributed by atoms with Crippen molar-refractivity contribution in [2.24, 2.45) is 17.3 Å². The van der Waals surface area contributed by atoms with Gasteiger partial charge in [0, 0.05) is 12.2 Å². The molecule has 1 spiro atoms. The summed E-state index contributed by atoms with van der Waals surface area (Å²) >= 11 is 0. The van der Waals surface area contributed by atoms with Gasteiger partial charge in [-0.15, -0.1) is 0 Å². The Kier molecular flexibility index (Phi) is 3.02. The number of rotatable bonds is 3. The second kappa shape index (κ2) is 4.87. The summed E-state index contributed by atoms with van der Waals surface area (Å²) in [5, 5.41) is 0. The van der Waals surface area contributed by atoms with E-state index >= 15 is 0 Å². The van der Waals surface area contributed by atoms with Crippen LogP contribution in [0, 0.1) is 17.3 Å². The van der Waals surface area contributed by atoms with E-state index in [2.05, 4.69) is 33.8 Å². The smallest absolute Gasteiger partial charge is 0.334 e. The summed E-state index contributed by atoms with van der Waals surface area (Å²) in [5.41, 5.74) is 2.94. The molecule has 3 aliphatic carbocycles. The lowest BCUT2D eigenvalue weighted by Crippen LogP contribution is -2.59. The van der Waals surface area contributed by atoms with Crippen molar-refractivity contribution in [2.45, 2.75) is 76.5 Å². The normalized spacial score (nSPS) is 51.6. The van der Waals surface area contributed by atoms with Crippen molar-refractivity contribution < 1.29 is 23.7 Å². The highest BCUT2D eigenvalue weighted by Gasteiger charge is 2.82. The van der Waals surface area contributed by atoms with Crippen LogP contribution in [0.2, 0.25) is 0 Å². The van der Waals surface area contributed by atoms with Crippen molar-refractivity contribution in [3.05, 3.63) is 22.8 Å². The molecule has 3 fully saturated rings. The molecule has 0 unspecified atom stereocenters. The average molecular weight is 372 g/mol. The number of epoxide rings is 2. The molecule has 27 heavy (non-hydrogen) atoms. The Labute approximate surface area is 160 Å². The van der Waals surface area contributed by atoms with Gasteiger partial charge in [0.05, 0.1) is 6.10 Å². The van der Waals surface area contributed by atoms with Gasteiger partial charge in [-0.3, -0.25) is 0 Å². The van der Waals surface area contributed by atoms with Crippen LogP contribution in [0.4, 0.5) is 0 Å². The molecule has 6 aliphatic rings. The molecule has 0 aromatic carbocycles. The number of fused-ring (bicyclic) bond motifs is 4. The molecule has 0 bridgehead atoms. The lowest BCUT2D eigenvalue weighted by Gasteiger charge is -2.51. The molecule has 0 radical (unpaired) electrons. The fraction of sp³-hybridized carbons (Fsp3) is 0.773. The highest BCUT2D eigenvalue weighted by molar-refractivity contribution is 5.92. The molecular formula is C22H28O5. The average Bonchev–Trinajstić information content (AvgIpc) is 3.50. The topological polar surface area (TPSA) is 60.6 Å². The molecule has 7 atom stereocenters. The number of ether oxygens (including phenoxy) is 4. The fourth-order valence-corrected chi connectivity index (χ4v) is 6.94. The Morgan fingerprint density at radius 2 is 2.15 bits per heavy atom. The quantitative estimate of drug-likeness (QED) is 0.433. The minimum atomic E-state index is -0.333. The highest BCUT2D eigenvalue weighted by atomic mass is 16.7. The molecule has 5 heteroatoms. The number of cyclic esters (lactones) is 1. The van der Waals surface area contributed by atoms with Gasteiger partial charge in [-0.05, 0) is 54.6 Å². The van der Waals surface area contributed by atoms with E-state index in [4.69, 9.17) is 18.9 Å². The first kappa shape index (κ1) is 16.8. The minimum Gasteiger partial charge on any atom is -0.458 e. The fourth-order valence-electron chi connectivity index (χ4n) is 6.94. The molecule has 3 heterocycles. The van der Waals surface area contributed by atoms with Crippen molar-refractivity contribution in [3.63, 3.8) is 0 Å². The number of hydrogen-bond donors (Lipinski definition) is 0. The van der Waals surface area contributed by atoms with E-state index in [1.54, 1.807) is 0 Å². The monoisotopic (exact) mass is 372 g/mol. The summed E-state index contributed by atoms with van der Waals surface area (Å²) in [6.07, 6.45) is 5.32. The molecule has 6 rings (SSSR count). The molecule has 0 aromatic heterocycles. The van der Waals surface area contributed by atoms with Gasteiger partial charge in [0.25, 0.3) is 0 Å². The predicted octanol–water partition coefficient (Wildman–Crippen LogP) is 2.94. The van der Waals surface area contributed by atoms with Gasteiger partial charge in [-0.25, -0.2) is 4.79 Å². The van der Waals surface area contributed by atoms with Crippen LogP contribution in [0.15, 0.2) is 22.8 Å². The third-order valence-electron chi connectivity index (χ3n) is 8.39. The highest BCUT2D eigenvalue weighted by Crippen LogP contribution is 2.72. The van der Waals surface area contributed by atoms with Crippen LogP contribution in [0.1, 0.15) is 47.0 Å². The van der Waals surface area contributed by atoms with Crippen molar-refractivity contribution in [1.29, 1.82) is 0 Å². The third-order valence-corrected chi connectivity index (χ3v) is 8.39. The van der Waals surface area contributed by atoms with E-state index in [1.807, 2.05) is 0 Å². The summed E-state index contributed by atoms with van der Waals surface area (Å²) < 4.78 is 24.6. The Morgan fingerprint density at radius 3 is 2.89 bits per heavy atom. The van der Waals surface area contributed by atoms with Crippen molar-refractivity contribution >= 4 is 5.97 Å². The van der Waals surface area contributed by atoms with E-state index in [-0.39, 0.29) is 40.9 Å². The SMILES string of the molecule is CCO[C@H]1[C@]23O[C@H]2C[C@H]2C4=C(CC[C@]2(C)C3=C[C@@H]2O[C@@]21C(C)C)C(=O)OC4. The zero-order valence-electron chi connectivity index (χ0n) is 16.5. The van der Waals surface area contributed by atoms with Gasteiger partial charge in [0.1, 0.15) is 30.0 Å². The zero-order valence-corrected chi connectivity index (χ0v) is 16.5. The van der Waals surface area contributed by atoms with Crippen LogP contribution in [-0.2, 0) is 23.7 Å². The lowest BCUT2D eigenvalue weighted by molar-refractivity contribution is -0.136. The van der Waals surface area contributed by atoms with Crippen LogP contribution in [0.5, 0.6) is 0 Å². The van der Waals surface area contributed by atoms with E-state index in [0.717, 1.165) is 24.8 Å². The molecule has 0 aromatic rings. The van der Waals surface area contributed by atoms with Gasteiger partial charge in [0.2, 0.25) is 0 Å². The summed E-state index contributed by atoms with van der Waals surface area (Å²) in [5.74, 6) is 0.602. The Bertz CT molecular complexity index is 812. The van der Waals surface area contributed by atoms with Crippen molar-refractivity contribution in [2.75, 3.05) is 13.2 Å². The van der Waals surface area contributed by atoms with Gasteiger partial charge in [-0.2, -0.15) is 0 Å². The Hall–Kier alpha value is -1.17. The Morgan fingerprint density at radius 1 is 1.33 bits per heavy atom. The maximum absolute atomic E-state index is 12.1. The van der Waals surface area contributed by atoms with E-state index in [9.17, 15) is 4.79 Å². The second-order valence-corrected chi connectivity index (χ2v) is 9.65. The first-order chi connectivity index (χ1) is 12.9. The largest absolute Gasteiger partial charge is 0.458 e. The standard InChI is InChI=1S/C22H28O5/c1-5-24-19-21(11(2)3)17(26-21)9-15-20(4)7-6-12-13(10-25-18(12)23)14(20)8-16-22(15,19)27-16/h9,11,14,16-17,19H,5-8,10H2,1-4H3/t14-,16-,17-,19+,20-,21-,22+/m0/s1. The predicted molar refractivity (Wildman–Crippen MR) is 97.0 cm³/mol. The molecule has 1 saturated carbocycles. The van der Waals surface area contributed by atoms with E-state index < -0.39 is 0 Å². The van der Waals surface area contributed by atoms with Gasteiger partial charge in [-0.1, -0.05) is 26.8 Å². The molecular weight excluding hydrogens is 344 g/mol. The first-order valence-electron chi connectivity index (χ1n) is 10.5. The molecule has 0 N–H and O–H groups in total. The van der Waals surface area contributed by atoms with Crippen molar-refractivity contribution in [1.82, 2.24) is 0 Å². The number of esters is 1. The van der Waals surface area contributed by atoms with Gasteiger partial charge < -0.3 is 18.9 Å². The maximum atomic E-state index is 12.1. The van der Waals surface area contributed by atoms with Crippen LogP contribution >= 0.6 is 0 Å². The second-order valence-electron chi connectivity index (χ2n) is 9.65. The third kappa shape index (κ3) is 1.72. The molecule has 5 nitrogen and oxygen atoms in total. The summed E-state index contributed by atoms with van der Waals surface area (Å²) in [7, 11) is 0. The number of hydrogen-bond acceptors (Lipinski definition) is 5. The summed E-state index contributed by atoms with van der Waals surface area (Å²) in [4.78, 5) is 12.1. The van der Waals surface area contributed by atoms with Crippen LogP contribution in [0.25, 0.3) is 0 Å². The lowest BCUT2D eigenvalue weighted by atomic mass is 9.51. The summed E-state index contributed by atoms with van der Waals surface area (Å²) in [6, 6.07) is 0. The van der Waals surface area contributed by atoms with E-state index in [0.29, 0.717) is 25.0 Å². The number of carbonyl (C=O) groups excluding carboxylic acids is 1. The molecule has 3 aliphatic heterocycles. The molecule has 146 valence electrons. The van der Waals surface area contributed by atoms with Crippen LogP contribution in [0.3, 0.4) is 0 Å². The van der Waals surface area contributed by atoms with Gasteiger partial charge >= 0.3 is 5.97 Å². The molecule has 0 amide bonds. The van der Waals surface area contributed by atoms with Gasteiger partial charge in [0.15, 0.2) is 0 Å². The Balaban J connectivity index is 1.48. The zero-order chi connectivity index (χ0) is 18.8.